The van der Waals surface area contributed by atoms with Crippen molar-refractivity contribution in [3.8, 4) is 17.6 Å². The molecule has 0 amide bonds. The van der Waals surface area contributed by atoms with Crippen LogP contribution in [0.1, 0.15) is 17.2 Å². The van der Waals surface area contributed by atoms with E-state index in [0.717, 1.165) is 13.1 Å². The minimum atomic E-state index is -0.619. The molecular formula is C14H20Cl2FN3O2. The number of hydrogen-bond donors (Lipinski definition) is 2. The van der Waals surface area contributed by atoms with Gasteiger partial charge in [0, 0.05) is 37.8 Å². The Morgan fingerprint density at radius 3 is 2.55 bits per heavy atom. The molecule has 0 unspecified atom stereocenters. The number of benzene rings is 1. The average molecular weight is 352 g/mol. The fraction of sp³-hybridized carbons (Fsp3) is 0.500. The van der Waals surface area contributed by atoms with Gasteiger partial charge in [-0.2, -0.15) is 5.26 Å². The minimum absolute atomic E-state index is 0. The SMILES string of the molecule is COc1cc(C#N)cc([C@H](CF)N2CCNCC2)c1O.Cl.Cl. The number of alkyl halides is 1. The van der Waals surface area contributed by atoms with Gasteiger partial charge in [-0.1, -0.05) is 0 Å². The maximum absolute atomic E-state index is 13.5. The zero-order chi connectivity index (χ0) is 14.5. The Bertz CT molecular complexity index is 520. The smallest absolute Gasteiger partial charge is 0.162 e. The summed E-state index contributed by atoms with van der Waals surface area (Å²) in [5, 5.41) is 22.4. The topological polar surface area (TPSA) is 68.5 Å². The van der Waals surface area contributed by atoms with Crippen LogP contribution in [0, 0.1) is 11.3 Å². The average Bonchev–Trinajstić information content (AvgIpc) is 2.50. The number of piperazine rings is 1. The number of methoxy groups -OCH3 is 1. The van der Waals surface area contributed by atoms with Crippen molar-refractivity contribution in [1.29, 1.82) is 5.26 Å². The monoisotopic (exact) mass is 351 g/mol. The van der Waals surface area contributed by atoms with Gasteiger partial charge in [0.25, 0.3) is 0 Å². The van der Waals surface area contributed by atoms with Crippen molar-refractivity contribution in [3.63, 3.8) is 0 Å². The van der Waals surface area contributed by atoms with Gasteiger partial charge < -0.3 is 15.2 Å². The lowest BCUT2D eigenvalue weighted by atomic mass is 10.0. The molecular weight excluding hydrogens is 332 g/mol. The number of halogens is 3. The highest BCUT2D eigenvalue weighted by Crippen LogP contribution is 2.37. The Hall–Kier alpha value is -1.26. The van der Waals surface area contributed by atoms with Crippen LogP contribution in [0.15, 0.2) is 12.1 Å². The van der Waals surface area contributed by atoms with Crippen molar-refractivity contribution in [2.24, 2.45) is 0 Å². The number of nitrogens with zero attached hydrogens (tertiary/aromatic N) is 2. The van der Waals surface area contributed by atoms with Crippen LogP contribution in [0.25, 0.3) is 0 Å². The van der Waals surface area contributed by atoms with Crippen LogP contribution < -0.4 is 10.1 Å². The Kier molecular flexibility index (Phi) is 9.14. The predicted molar refractivity (Wildman–Crippen MR) is 87.0 cm³/mol. The second kappa shape index (κ2) is 9.70. The molecule has 8 heteroatoms. The number of aromatic hydroxyl groups is 1. The standard InChI is InChI=1S/C14H18FN3O2.2ClH/c1-20-13-7-10(9-16)6-11(14(13)19)12(8-15)18-4-2-17-3-5-18;;/h6-7,12,17,19H,2-5,8H2,1H3;2*1H/t12-;;/m0../s1. The molecule has 0 aromatic heterocycles. The van der Waals surface area contributed by atoms with Gasteiger partial charge in [0.05, 0.1) is 24.8 Å². The number of rotatable bonds is 4. The molecule has 0 radical (unpaired) electrons. The number of nitrogens with one attached hydrogen (secondary N) is 1. The number of ether oxygens (including phenoxy) is 1. The molecule has 1 saturated heterocycles. The molecule has 1 atom stereocenters. The van der Waals surface area contributed by atoms with Crippen LogP contribution in [0.3, 0.4) is 0 Å². The summed E-state index contributed by atoms with van der Waals surface area (Å²) >= 11 is 0. The largest absolute Gasteiger partial charge is 0.504 e. The Labute approximate surface area is 141 Å². The van der Waals surface area contributed by atoms with Crippen molar-refractivity contribution in [1.82, 2.24) is 10.2 Å². The van der Waals surface area contributed by atoms with Crippen LogP contribution in [0.4, 0.5) is 4.39 Å². The van der Waals surface area contributed by atoms with Crippen molar-refractivity contribution < 1.29 is 14.2 Å². The molecule has 5 nitrogen and oxygen atoms in total. The fourth-order valence-electron chi connectivity index (χ4n) is 2.47. The Morgan fingerprint density at radius 1 is 1.41 bits per heavy atom. The van der Waals surface area contributed by atoms with Crippen LogP contribution in [0.2, 0.25) is 0 Å². The number of phenolic OH excluding ortho intramolecular Hbond substituents is 1. The molecule has 2 rings (SSSR count). The fourth-order valence-corrected chi connectivity index (χ4v) is 2.47. The van der Waals surface area contributed by atoms with Gasteiger partial charge in [0.2, 0.25) is 0 Å². The third-order valence-corrected chi connectivity index (χ3v) is 3.55. The lowest BCUT2D eigenvalue weighted by Gasteiger charge is -2.34. The highest BCUT2D eigenvalue weighted by atomic mass is 35.5. The number of hydrogen-bond acceptors (Lipinski definition) is 5. The summed E-state index contributed by atoms with van der Waals surface area (Å²) in [4.78, 5) is 1.96. The van der Waals surface area contributed by atoms with E-state index >= 15 is 0 Å². The second-order valence-corrected chi connectivity index (χ2v) is 4.68. The van der Waals surface area contributed by atoms with Gasteiger partial charge in [-0.05, 0) is 6.07 Å². The summed E-state index contributed by atoms with van der Waals surface area (Å²) in [6.07, 6.45) is 0. The van der Waals surface area contributed by atoms with Gasteiger partial charge >= 0.3 is 0 Å². The van der Waals surface area contributed by atoms with Crippen LogP contribution in [0.5, 0.6) is 11.5 Å². The normalized spacial score (nSPS) is 15.9. The molecule has 1 aliphatic heterocycles. The Balaban J connectivity index is 0.00000220. The maximum atomic E-state index is 13.5. The first-order valence-corrected chi connectivity index (χ1v) is 6.53. The molecule has 1 fully saturated rings. The van der Waals surface area contributed by atoms with E-state index in [-0.39, 0.29) is 36.3 Å². The van der Waals surface area contributed by atoms with Crippen LogP contribution >= 0.6 is 24.8 Å². The summed E-state index contributed by atoms with van der Waals surface area (Å²) in [7, 11) is 1.41. The lowest BCUT2D eigenvalue weighted by Crippen LogP contribution is -2.45. The van der Waals surface area contributed by atoms with Crippen molar-refractivity contribution in [2.45, 2.75) is 6.04 Å². The first kappa shape index (κ1) is 20.7. The molecule has 1 aromatic rings. The number of nitriles is 1. The van der Waals surface area contributed by atoms with Crippen LogP contribution in [-0.2, 0) is 0 Å². The van der Waals surface area contributed by atoms with Gasteiger partial charge in [-0.3, -0.25) is 4.90 Å². The molecule has 22 heavy (non-hydrogen) atoms. The number of phenols is 1. The second-order valence-electron chi connectivity index (χ2n) is 4.68. The zero-order valence-electron chi connectivity index (χ0n) is 12.2. The molecule has 0 saturated carbocycles. The van der Waals surface area contributed by atoms with Crippen molar-refractivity contribution in [2.75, 3.05) is 40.0 Å². The van der Waals surface area contributed by atoms with E-state index < -0.39 is 12.7 Å². The zero-order valence-corrected chi connectivity index (χ0v) is 13.8. The summed E-state index contributed by atoms with van der Waals surface area (Å²) in [5.74, 6) is 0.111. The van der Waals surface area contributed by atoms with Gasteiger partial charge in [-0.25, -0.2) is 4.39 Å². The van der Waals surface area contributed by atoms with Gasteiger partial charge in [0.15, 0.2) is 11.5 Å². The lowest BCUT2D eigenvalue weighted by molar-refractivity contribution is 0.144. The first-order chi connectivity index (χ1) is 9.71. The summed E-state index contributed by atoms with van der Waals surface area (Å²) in [6, 6.07) is 4.43. The van der Waals surface area contributed by atoms with Crippen LogP contribution in [-0.4, -0.2) is 50.0 Å². The van der Waals surface area contributed by atoms with E-state index in [4.69, 9.17) is 10.00 Å². The third-order valence-electron chi connectivity index (χ3n) is 3.55. The van der Waals surface area contributed by atoms with Gasteiger partial charge in [0.1, 0.15) is 6.67 Å². The molecule has 1 aliphatic rings. The molecule has 124 valence electrons. The molecule has 1 heterocycles. The summed E-state index contributed by atoms with van der Waals surface area (Å²) in [6.45, 7) is 2.35. The molecule has 1 aromatic carbocycles. The summed E-state index contributed by atoms with van der Waals surface area (Å²) in [5.41, 5.74) is 0.758. The maximum Gasteiger partial charge on any atom is 0.162 e. The van der Waals surface area contributed by atoms with Crippen molar-refractivity contribution >= 4 is 24.8 Å². The van der Waals surface area contributed by atoms with E-state index in [9.17, 15) is 9.50 Å². The van der Waals surface area contributed by atoms with E-state index in [2.05, 4.69) is 5.32 Å². The molecule has 0 aliphatic carbocycles. The molecule has 2 N–H and O–H groups in total. The highest BCUT2D eigenvalue weighted by molar-refractivity contribution is 5.85. The summed E-state index contributed by atoms with van der Waals surface area (Å²) < 4.78 is 18.5. The van der Waals surface area contributed by atoms with Crippen molar-refractivity contribution in [3.05, 3.63) is 23.3 Å². The van der Waals surface area contributed by atoms with E-state index in [1.807, 2.05) is 11.0 Å². The predicted octanol–water partition coefficient (Wildman–Crippen LogP) is 2.03. The van der Waals surface area contributed by atoms with E-state index in [0.29, 0.717) is 24.2 Å². The minimum Gasteiger partial charge on any atom is -0.504 e. The first-order valence-electron chi connectivity index (χ1n) is 6.53. The van der Waals surface area contributed by atoms with E-state index in [1.54, 1.807) is 0 Å². The highest BCUT2D eigenvalue weighted by Gasteiger charge is 2.26. The quantitative estimate of drug-likeness (QED) is 0.868. The molecule has 0 spiro atoms. The third kappa shape index (κ3) is 4.37. The Morgan fingerprint density at radius 2 is 2.05 bits per heavy atom. The van der Waals surface area contributed by atoms with Gasteiger partial charge in [-0.15, -0.1) is 24.8 Å². The molecule has 0 bridgehead atoms. The van der Waals surface area contributed by atoms with E-state index in [1.165, 1.54) is 19.2 Å².